The van der Waals surface area contributed by atoms with Crippen molar-refractivity contribution in [3.05, 3.63) is 70.5 Å². The molecule has 0 radical (unpaired) electrons. The summed E-state index contributed by atoms with van der Waals surface area (Å²) in [6, 6.07) is 14.9. The minimum atomic E-state index is 0.289. The zero-order valence-electron chi connectivity index (χ0n) is 16.4. The second kappa shape index (κ2) is 8.57. The Kier molecular flexibility index (Phi) is 5.72. The molecule has 2 aliphatic carbocycles. The van der Waals surface area contributed by atoms with E-state index in [1.54, 1.807) is 9.80 Å². The molecule has 1 aliphatic heterocycles. The molecule has 0 unspecified atom stereocenters. The van der Waals surface area contributed by atoms with Crippen LogP contribution in [-0.2, 0) is 6.54 Å². The van der Waals surface area contributed by atoms with Gasteiger partial charge < -0.3 is 4.90 Å². The van der Waals surface area contributed by atoms with Crippen molar-refractivity contribution in [3.63, 3.8) is 0 Å². The second-order valence-corrected chi connectivity index (χ2v) is 8.23. The van der Waals surface area contributed by atoms with Gasteiger partial charge in [-0.2, -0.15) is 10.5 Å². The van der Waals surface area contributed by atoms with Crippen LogP contribution in [0.3, 0.4) is 0 Å². The molecule has 142 valence electrons. The third-order valence-corrected chi connectivity index (χ3v) is 6.53. The number of nitriles is 2. The minimum Gasteiger partial charge on any atom is -0.322 e. The van der Waals surface area contributed by atoms with Crippen LogP contribution >= 0.6 is 0 Å². The fourth-order valence-electron chi connectivity index (χ4n) is 4.89. The monoisotopic (exact) mass is 372 g/mol. The van der Waals surface area contributed by atoms with E-state index >= 15 is 0 Å². The van der Waals surface area contributed by atoms with Crippen molar-refractivity contribution in [1.82, 2.24) is 0 Å². The summed E-state index contributed by atoms with van der Waals surface area (Å²) in [7, 11) is 0. The van der Waals surface area contributed by atoms with Crippen LogP contribution in [0.2, 0.25) is 0 Å². The van der Waals surface area contributed by atoms with Crippen LogP contribution in [0.15, 0.2) is 64.9 Å². The number of benzene rings is 1. The zero-order chi connectivity index (χ0) is 19.3. The van der Waals surface area contributed by atoms with Gasteiger partial charge in [-0.05, 0) is 42.4 Å². The lowest BCUT2D eigenvalue weighted by atomic mass is 9.77. The molecule has 0 bridgehead atoms. The van der Waals surface area contributed by atoms with Crippen molar-refractivity contribution in [3.8, 4) is 12.1 Å². The Hall–Kier alpha value is -2.66. The molecular weight excluding hydrogens is 344 g/mol. The van der Waals surface area contributed by atoms with Crippen molar-refractivity contribution in [2.75, 3.05) is 26.2 Å². The lowest BCUT2D eigenvalue weighted by molar-refractivity contribution is -1.00. The first kappa shape index (κ1) is 18.7. The molecule has 1 saturated heterocycles. The summed E-state index contributed by atoms with van der Waals surface area (Å²) in [6.45, 7) is 5.93. The first-order valence-corrected chi connectivity index (χ1v) is 10.4. The van der Waals surface area contributed by atoms with Crippen LogP contribution in [0, 0.1) is 28.6 Å². The lowest BCUT2D eigenvalue weighted by Gasteiger charge is -2.34. The highest BCUT2D eigenvalue weighted by atomic mass is 15.3. The normalized spacial score (nSPS) is 26.9. The van der Waals surface area contributed by atoms with Gasteiger partial charge in [0.1, 0.15) is 56.1 Å². The molecule has 3 aliphatic rings. The summed E-state index contributed by atoms with van der Waals surface area (Å²) >= 11 is 0. The number of hydrogen-bond donors (Lipinski definition) is 2. The van der Waals surface area contributed by atoms with Gasteiger partial charge in [0.2, 0.25) is 0 Å². The average Bonchev–Trinajstić information content (AvgIpc) is 2.75. The number of fused-ring (bicyclic) bond motifs is 1. The summed E-state index contributed by atoms with van der Waals surface area (Å²) in [4.78, 5) is 3.31. The third kappa shape index (κ3) is 4.09. The fraction of sp³-hybridized carbons (Fsp3) is 0.417. The van der Waals surface area contributed by atoms with Crippen LogP contribution in [0.25, 0.3) is 0 Å². The van der Waals surface area contributed by atoms with Gasteiger partial charge in [0, 0.05) is 12.0 Å². The molecular formula is C24H28N4+2. The smallest absolute Gasteiger partial charge is 0.132 e. The molecule has 4 rings (SSSR count). The molecule has 0 saturated carbocycles. The number of quaternary nitrogens is 2. The highest BCUT2D eigenvalue weighted by Crippen LogP contribution is 2.36. The largest absolute Gasteiger partial charge is 0.322 e. The van der Waals surface area contributed by atoms with Gasteiger partial charge in [0.25, 0.3) is 0 Å². The summed E-state index contributed by atoms with van der Waals surface area (Å²) in [5.41, 5.74) is 5.52. The van der Waals surface area contributed by atoms with Gasteiger partial charge in [-0.25, -0.2) is 0 Å². The van der Waals surface area contributed by atoms with E-state index in [1.807, 2.05) is 0 Å². The van der Waals surface area contributed by atoms with E-state index in [-0.39, 0.29) is 5.57 Å². The molecule has 2 N–H and O–H groups in total. The van der Waals surface area contributed by atoms with Crippen LogP contribution in [-0.4, -0.2) is 26.2 Å². The van der Waals surface area contributed by atoms with Crippen LogP contribution < -0.4 is 9.80 Å². The molecule has 28 heavy (non-hydrogen) atoms. The number of nitrogens with one attached hydrogen (secondary N) is 2. The Morgan fingerprint density at radius 3 is 2.36 bits per heavy atom. The highest BCUT2D eigenvalue weighted by molar-refractivity contribution is 5.49. The third-order valence-electron chi connectivity index (χ3n) is 6.53. The predicted molar refractivity (Wildman–Crippen MR) is 108 cm³/mol. The summed E-state index contributed by atoms with van der Waals surface area (Å²) in [6.07, 6.45) is 8.85. The SMILES string of the molecule is N#CC(C#N)=C1C=C2C=C([NH+]3CC[NH+](Cc4ccccc4)CC3)CC[C@H]2CC1. The molecule has 4 heteroatoms. The molecule has 4 nitrogen and oxygen atoms in total. The first-order valence-electron chi connectivity index (χ1n) is 10.4. The maximum Gasteiger partial charge on any atom is 0.132 e. The standard InChI is InChI=1S/C24H26N4/c25-16-23(17-26)21-7-6-20-8-9-24(15-22(20)14-21)28-12-10-27(11-13-28)18-19-4-2-1-3-5-19/h1-5,14-15,20H,6-13,18H2/p+2/t20-/m1/s1. The number of nitrogens with zero attached hydrogens (tertiary/aromatic N) is 2. The molecule has 1 aromatic rings. The van der Waals surface area contributed by atoms with Crippen molar-refractivity contribution < 1.29 is 9.80 Å². The summed E-state index contributed by atoms with van der Waals surface area (Å²) < 4.78 is 0. The van der Waals surface area contributed by atoms with Crippen molar-refractivity contribution in [1.29, 1.82) is 10.5 Å². The first-order chi connectivity index (χ1) is 13.8. The van der Waals surface area contributed by atoms with Gasteiger partial charge in [0.15, 0.2) is 0 Å². The van der Waals surface area contributed by atoms with E-state index in [1.165, 1.54) is 55.9 Å². The van der Waals surface area contributed by atoms with Gasteiger partial charge >= 0.3 is 0 Å². The number of rotatable bonds is 3. The van der Waals surface area contributed by atoms with Gasteiger partial charge in [0.05, 0.1) is 0 Å². The lowest BCUT2D eigenvalue weighted by Crippen LogP contribution is -3.26. The van der Waals surface area contributed by atoms with Crippen molar-refractivity contribution in [2.24, 2.45) is 5.92 Å². The van der Waals surface area contributed by atoms with Crippen LogP contribution in [0.5, 0.6) is 0 Å². The average molecular weight is 373 g/mol. The van der Waals surface area contributed by atoms with E-state index in [2.05, 4.69) is 54.6 Å². The van der Waals surface area contributed by atoms with Crippen LogP contribution in [0.1, 0.15) is 31.2 Å². The molecule has 0 aromatic heterocycles. The Morgan fingerprint density at radius 1 is 0.929 bits per heavy atom. The van der Waals surface area contributed by atoms with Crippen LogP contribution in [0.4, 0.5) is 0 Å². The van der Waals surface area contributed by atoms with Gasteiger partial charge in [-0.1, -0.05) is 36.4 Å². The second-order valence-electron chi connectivity index (χ2n) is 8.23. The zero-order valence-corrected chi connectivity index (χ0v) is 16.4. The Morgan fingerprint density at radius 2 is 1.64 bits per heavy atom. The molecule has 0 spiro atoms. The molecule has 1 fully saturated rings. The summed E-state index contributed by atoms with van der Waals surface area (Å²) in [5.74, 6) is 0.607. The maximum atomic E-state index is 9.18. The fourth-order valence-corrected chi connectivity index (χ4v) is 4.89. The quantitative estimate of drug-likeness (QED) is 0.787. The van der Waals surface area contributed by atoms with E-state index in [9.17, 15) is 10.5 Å². The number of piperazine rings is 1. The van der Waals surface area contributed by atoms with E-state index < -0.39 is 0 Å². The Labute approximate surface area is 167 Å². The number of allylic oxidation sites excluding steroid dienone is 6. The van der Waals surface area contributed by atoms with Crippen molar-refractivity contribution in [2.45, 2.75) is 32.2 Å². The number of hydrogen-bond acceptors (Lipinski definition) is 2. The van der Waals surface area contributed by atoms with Gasteiger partial charge in [-0.15, -0.1) is 0 Å². The topological polar surface area (TPSA) is 56.5 Å². The molecule has 1 heterocycles. The Bertz CT molecular complexity index is 871. The van der Waals surface area contributed by atoms with E-state index in [0.717, 1.165) is 25.0 Å². The predicted octanol–water partition coefficient (Wildman–Crippen LogP) is 1.33. The molecule has 1 aromatic carbocycles. The summed E-state index contributed by atoms with van der Waals surface area (Å²) in [5, 5.41) is 18.4. The molecule has 0 amide bonds. The van der Waals surface area contributed by atoms with Gasteiger partial charge in [-0.3, -0.25) is 4.90 Å². The highest BCUT2D eigenvalue weighted by Gasteiger charge is 2.31. The maximum absolute atomic E-state index is 9.18. The van der Waals surface area contributed by atoms with E-state index in [0.29, 0.717) is 5.92 Å². The van der Waals surface area contributed by atoms with Crippen molar-refractivity contribution >= 4 is 0 Å². The minimum absolute atomic E-state index is 0.289. The molecule has 1 atom stereocenters. The Balaban J connectivity index is 1.43. The van der Waals surface area contributed by atoms with E-state index in [4.69, 9.17) is 0 Å².